The average molecular weight is 335 g/mol. The quantitative estimate of drug-likeness (QED) is 0.808. The van der Waals surface area contributed by atoms with Crippen LogP contribution in [0.4, 0.5) is 5.13 Å². The minimum Gasteiger partial charge on any atom is -0.456 e. The van der Waals surface area contributed by atoms with Gasteiger partial charge in [0.15, 0.2) is 10.9 Å². The highest BCUT2D eigenvalue weighted by atomic mass is 32.1. The van der Waals surface area contributed by atoms with Crippen LogP contribution < -0.4 is 11.1 Å². The summed E-state index contributed by atoms with van der Waals surface area (Å²) in [7, 11) is 0. The van der Waals surface area contributed by atoms with Gasteiger partial charge in [0.25, 0.3) is 5.91 Å². The fraction of sp³-hybridized carbons (Fsp3) is 0.438. The number of nitrogens with two attached hydrogens (primary N) is 1. The SMILES string of the molecule is CCCC[C@H](C)C(=O)Nc1nc(-c2cc(C(N)=O)oc2C)cs1. The molecule has 3 N–H and O–H groups in total. The van der Waals surface area contributed by atoms with Gasteiger partial charge in [-0.3, -0.25) is 9.59 Å². The summed E-state index contributed by atoms with van der Waals surface area (Å²) in [6.07, 6.45) is 2.96. The summed E-state index contributed by atoms with van der Waals surface area (Å²) < 4.78 is 5.31. The molecule has 6 nitrogen and oxygen atoms in total. The second-order valence-corrected chi connectivity index (χ2v) is 6.37. The molecule has 0 saturated heterocycles. The molecule has 1 atom stereocenters. The van der Waals surface area contributed by atoms with E-state index in [9.17, 15) is 9.59 Å². The number of anilines is 1. The van der Waals surface area contributed by atoms with Gasteiger partial charge in [-0.15, -0.1) is 11.3 Å². The maximum Gasteiger partial charge on any atom is 0.284 e. The van der Waals surface area contributed by atoms with Crippen molar-refractivity contribution in [2.45, 2.75) is 40.0 Å². The third-order valence-electron chi connectivity index (χ3n) is 3.61. The Labute approximate surface area is 139 Å². The molecule has 0 aliphatic heterocycles. The van der Waals surface area contributed by atoms with Gasteiger partial charge in [-0.05, 0) is 19.4 Å². The van der Waals surface area contributed by atoms with E-state index in [4.69, 9.17) is 10.2 Å². The number of hydrogen-bond donors (Lipinski definition) is 2. The van der Waals surface area contributed by atoms with Crippen LogP contribution in [0.25, 0.3) is 11.3 Å². The molecule has 2 amide bonds. The molecule has 2 rings (SSSR count). The zero-order valence-corrected chi connectivity index (χ0v) is 14.3. The number of furan rings is 1. The van der Waals surface area contributed by atoms with Crippen molar-refractivity contribution < 1.29 is 14.0 Å². The van der Waals surface area contributed by atoms with E-state index in [-0.39, 0.29) is 17.6 Å². The molecule has 0 fully saturated rings. The van der Waals surface area contributed by atoms with Crippen molar-refractivity contribution in [3.8, 4) is 11.3 Å². The van der Waals surface area contributed by atoms with Crippen molar-refractivity contribution in [2.75, 3.05) is 5.32 Å². The van der Waals surface area contributed by atoms with Gasteiger partial charge < -0.3 is 15.5 Å². The van der Waals surface area contributed by atoms with E-state index in [1.54, 1.807) is 13.0 Å². The van der Waals surface area contributed by atoms with Crippen molar-refractivity contribution in [2.24, 2.45) is 11.7 Å². The first kappa shape index (κ1) is 17.2. The smallest absolute Gasteiger partial charge is 0.284 e. The molecule has 124 valence electrons. The first-order valence-corrected chi connectivity index (χ1v) is 8.47. The molecule has 23 heavy (non-hydrogen) atoms. The number of carbonyl (C=O) groups excluding carboxylic acids is 2. The van der Waals surface area contributed by atoms with Crippen molar-refractivity contribution >= 4 is 28.3 Å². The standard InChI is InChI=1S/C16H21N3O3S/c1-4-5-6-9(2)15(21)19-16-18-12(8-23-16)11-7-13(14(17)20)22-10(11)3/h7-9H,4-6H2,1-3H3,(H2,17,20)(H,18,19,21)/t9-/m0/s1. The van der Waals surface area contributed by atoms with Gasteiger partial charge in [-0.1, -0.05) is 26.7 Å². The fourth-order valence-electron chi connectivity index (χ4n) is 2.18. The number of thiazole rings is 1. The molecule has 2 heterocycles. The number of aryl methyl sites for hydroxylation is 1. The van der Waals surface area contributed by atoms with Gasteiger partial charge in [-0.25, -0.2) is 4.98 Å². The van der Waals surface area contributed by atoms with Crippen molar-refractivity contribution in [1.29, 1.82) is 0 Å². The number of aromatic nitrogens is 1. The Morgan fingerprint density at radius 2 is 2.22 bits per heavy atom. The average Bonchev–Trinajstić information content (AvgIpc) is 3.11. The molecule has 7 heteroatoms. The lowest BCUT2D eigenvalue weighted by atomic mass is 10.0. The number of amides is 2. The van der Waals surface area contributed by atoms with Crippen LogP contribution in [0.1, 0.15) is 49.4 Å². The first-order chi connectivity index (χ1) is 10.9. The minimum atomic E-state index is -0.618. The second kappa shape index (κ2) is 7.41. The number of unbranched alkanes of at least 4 members (excludes halogenated alkanes) is 1. The number of hydrogen-bond acceptors (Lipinski definition) is 5. The predicted molar refractivity (Wildman–Crippen MR) is 90.4 cm³/mol. The molecule has 0 aromatic carbocycles. The maximum absolute atomic E-state index is 12.1. The fourth-order valence-corrected chi connectivity index (χ4v) is 2.90. The van der Waals surface area contributed by atoms with E-state index in [2.05, 4.69) is 17.2 Å². The molecule has 2 aromatic rings. The molecule has 0 unspecified atom stereocenters. The molecule has 0 radical (unpaired) electrons. The molecular weight excluding hydrogens is 314 g/mol. The first-order valence-electron chi connectivity index (χ1n) is 7.59. The van der Waals surface area contributed by atoms with Crippen LogP contribution in [0.2, 0.25) is 0 Å². The Hall–Kier alpha value is -2.15. The van der Waals surface area contributed by atoms with E-state index in [1.165, 1.54) is 11.3 Å². The van der Waals surface area contributed by atoms with E-state index >= 15 is 0 Å². The summed E-state index contributed by atoms with van der Waals surface area (Å²) in [6, 6.07) is 1.57. The maximum atomic E-state index is 12.1. The van der Waals surface area contributed by atoms with Crippen molar-refractivity contribution in [3.05, 3.63) is 23.0 Å². The highest BCUT2D eigenvalue weighted by Crippen LogP contribution is 2.30. The molecule has 0 aliphatic rings. The van der Waals surface area contributed by atoms with E-state index in [0.717, 1.165) is 19.3 Å². The largest absolute Gasteiger partial charge is 0.456 e. The van der Waals surface area contributed by atoms with Gasteiger partial charge >= 0.3 is 0 Å². The third-order valence-corrected chi connectivity index (χ3v) is 4.37. The van der Waals surface area contributed by atoms with Crippen LogP contribution in [0, 0.1) is 12.8 Å². The van der Waals surface area contributed by atoms with Gasteiger partial charge in [0.2, 0.25) is 5.91 Å². The Kier molecular flexibility index (Phi) is 5.54. The number of rotatable bonds is 7. The highest BCUT2D eigenvalue weighted by molar-refractivity contribution is 7.14. The number of nitrogens with one attached hydrogen (secondary N) is 1. The van der Waals surface area contributed by atoms with Gasteiger partial charge in [-0.2, -0.15) is 0 Å². The van der Waals surface area contributed by atoms with Crippen LogP contribution in [0.5, 0.6) is 0 Å². The summed E-state index contributed by atoms with van der Waals surface area (Å²) in [5.41, 5.74) is 6.57. The van der Waals surface area contributed by atoms with Crippen LogP contribution in [0.15, 0.2) is 15.9 Å². The lowest BCUT2D eigenvalue weighted by Gasteiger charge is -2.09. The van der Waals surface area contributed by atoms with E-state index in [1.807, 2.05) is 12.3 Å². The Bertz CT molecular complexity index is 705. The summed E-state index contributed by atoms with van der Waals surface area (Å²) in [5, 5.41) is 5.19. The van der Waals surface area contributed by atoms with Crippen LogP contribution in [0.3, 0.4) is 0 Å². The lowest BCUT2D eigenvalue weighted by Crippen LogP contribution is -2.20. The predicted octanol–water partition coefficient (Wildman–Crippen LogP) is 3.58. The molecule has 0 spiro atoms. The normalized spacial score (nSPS) is 12.1. The van der Waals surface area contributed by atoms with Crippen molar-refractivity contribution in [3.63, 3.8) is 0 Å². The molecular formula is C16H21N3O3S. The minimum absolute atomic E-state index is 0.0268. The van der Waals surface area contributed by atoms with Crippen LogP contribution in [-0.4, -0.2) is 16.8 Å². The Morgan fingerprint density at radius 1 is 1.48 bits per heavy atom. The number of carbonyl (C=O) groups is 2. The number of nitrogens with zero attached hydrogens (tertiary/aromatic N) is 1. The van der Waals surface area contributed by atoms with Crippen LogP contribution >= 0.6 is 11.3 Å². The second-order valence-electron chi connectivity index (χ2n) is 5.52. The van der Waals surface area contributed by atoms with E-state index in [0.29, 0.717) is 22.1 Å². The molecule has 2 aromatic heterocycles. The monoisotopic (exact) mass is 335 g/mol. The van der Waals surface area contributed by atoms with E-state index < -0.39 is 5.91 Å². The van der Waals surface area contributed by atoms with Gasteiger partial charge in [0.1, 0.15) is 5.76 Å². The Balaban J connectivity index is 2.09. The third kappa shape index (κ3) is 4.19. The topological polar surface area (TPSA) is 98.2 Å². The summed E-state index contributed by atoms with van der Waals surface area (Å²) in [5.74, 6) is -0.0177. The highest BCUT2D eigenvalue weighted by Gasteiger charge is 2.17. The zero-order valence-electron chi connectivity index (χ0n) is 13.5. The molecule has 0 aliphatic carbocycles. The van der Waals surface area contributed by atoms with Gasteiger partial charge in [0, 0.05) is 16.9 Å². The lowest BCUT2D eigenvalue weighted by molar-refractivity contribution is -0.119. The summed E-state index contributed by atoms with van der Waals surface area (Å²) >= 11 is 1.34. The molecule has 0 saturated carbocycles. The number of primary amides is 1. The molecule has 0 bridgehead atoms. The summed E-state index contributed by atoms with van der Waals surface area (Å²) in [6.45, 7) is 5.76. The Morgan fingerprint density at radius 3 is 2.83 bits per heavy atom. The van der Waals surface area contributed by atoms with Gasteiger partial charge in [0.05, 0.1) is 5.69 Å². The zero-order chi connectivity index (χ0) is 17.0. The summed E-state index contributed by atoms with van der Waals surface area (Å²) in [4.78, 5) is 27.7. The van der Waals surface area contributed by atoms with Crippen LogP contribution in [-0.2, 0) is 4.79 Å². The van der Waals surface area contributed by atoms with Crippen molar-refractivity contribution in [1.82, 2.24) is 4.98 Å².